The van der Waals surface area contributed by atoms with Crippen molar-refractivity contribution in [3.8, 4) is 10.7 Å². The molecule has 3 rings (SSSR count). The van der Waals surface area contributed by atoms with E-state index in [0.717, 1.165) is 22.2 Å². The molecule has 0 bridgehead atoms. The van der Waals surface area contributed by atoms with Crippen LogP contribution in [0.25, 0.3) is 10.7 Å². The zero-order valence-electron chi connectivity index (χ0n) is 13.9. The van der Waals surface area contributed by atoms with Crippen molar-refractivity contribution in [3.05, 3.63) is 59.6 Å². The van der Waals surface area contributed by atoms with Gasteiger partial charge in [0.1, 0.15) is 10.8 Å². The van der Waals surface area contributed by atoms with Crippen molar-refractivity contribution in [3.63, 3.8) is 0 Å². The van der Waals surface area contributed by atoms with Crippen LogP contribution in [-0.4, -0.2) is 41.0 Å². The predicted molar refractivity (Wildman–Crippen MR) is 95.1 cm³/mol. The highest BCUT2D eigenvalue weighted by molar-refractivity contribution is 7.13. The van der Waals surface area contributed by atoms with Crippen LogP contribution < -0.4 is 0 Å². The van der Waals surface area contributed by atoms with Crippen LogP contribution >= 0.6 is 11.3 Å². The number of furan rings is 1. The molecule has 3 heterocycles. The molecule has 3 aromatic heterocycles. The summed E-state index contributed by atoms with van der Waals surface area (Å²) in [6.45, 7) is 1.41. The first-order valence-corrected chi connectivity index (χ1v) is 8.79. The lowest BCUT2D eigenvalue weighted by molar-refractivity contribution is -0.132. The minimum absolute atomic E-state index is 0.00804. The van der Waals surface area contributed by atoms with E-state index >= 15 is 0 Å². The average Bonchev–Trinajstić information content (AvgIpc) is 3.31. The smallest absolute Gasteiger partial charge is 0.229 e. The summed E-state index contributed by atoms with van der Waals surface area (Å²) in [4.78, 5) is 23.2. The summed E-state index contributed by atoms with van der Waals surface area (Å²) in [5, 5.41) is 2.72. The predicted octanol–water partition coefficient (Wildman–Crippen LogP) is 3.02. The molecule has 0 aromatic carbocycles. The van der Waals surface area contributed by atoms with Crippen LogP contribution in [0.3, 0.4) is 0 Å². The quantitative estimate of drug-likeness (QED) is 0.620. The second-order valence-electron chi connectivity index (χ2n) is 5.42. The zero-order valence-corrected chi connectivity index (χ0v) is 14.7. The Hall–Kier alpha value is -2.51. The minimum Gasteiger partial charge on any atom is -0.467 e. The van der Waals surface area contributed by atoms with Gasteiger partial charge < -0.3 is 14.1 Å². The van der Waals surface area contributed by atoms with Crippen LogP contribution in [0.4, 0.5) is 0 Å². The van der Waals surface area contributed by atoms with Gasteiger partial charge in [-0.1, -0.05) is 6.07 Å². The van der Waals surface area contributed by atoms with E-state index in [4.69, 9.17) is 9.15 Å². The SMILES string of the molecule is COCCN(Cc1ccco1)C(=O)Cc1csc(-c2ccccn2)n1. The lowest BCUT2D eigenvalue weighted by Gasteiger charge is -2.21. The molecule has 25 heavy (non-hydrogen) atoms. The summed E-state index contributed by atoms with van der Waals surface area (Å²) in [7, 11) is 1.62. The van der Waals surface area contributed by atoms with Crippen LogP contribution in [0.2, 0.25) is 0 Å². The second kappa shape index (κ2) is 8.55. The number of ether oxygens (including phenoxy) is 1. The van der Waals surface area contributed by atoms with Gasteiger partial charge in [-0.25, -0.2) is 4.98 Å². The molecule has 0 atom stereocenters. The Morgan fingerprint density at radius 3 is 2.96 bits per heavy atom. The molecule has 0 aliphatic carbocycles. The molecule has 0 aliphatic heterocycles. The van der Waals surface area contributed by atoms with Gasteiger partial charge in [0.2, 0.25) is 5.91 Å². The largest absolute Gasteiger partial charge is 0.467 e. The zero-order chi connectivity index (χ0) is 17.5. The van der Waals surface area contributed by atoms with Crippen molar-refractivity contribution in [2.24, 2.45) is 0 Å². The van der Waals surface area contributed by atoms with Crippen molar-refractivity contribution >= 4 is 17.2 Å². The number of amides is 1. The lowest BCUT2D eigenvalue weighted by atomic mass is 10.2. The normalized spacial score (nSPS) is 10.8. The van der Waals surface area contributed by atoms with Gasteiger partial charge in [0.15, 0.2) is 0 Å². The van der Waals surface area contributed by atoms with E-state index in [9.17, 15) is 4.79 Å². The first-order chi connectivity index (χ1) is 12.3. The Morgan fingerprint density at radius 1 is 1.32 bits per heavy atom. The third kappa shape index (κ3) is 4.74. The number of pyridine rings is 1. The molecule has 130 valence electrons. The Bertz CT molecular complexity index is 787. The molecule has 0 saturated heterocycles. The van der Waals surface area contributed by atoms with E-state index in [2.05, 4.69) is 9.97 Å². The number of aromatic nitrogens is 2. The van der Waals surface area contributed by atoms with E-state index < -0.39 is 0 Å². The molecule has 6 nitrogen and oxygen atoms in total. The molecular formula is C18H19N3O3S. The molecule has 0 radical (unpaired) electrons. The highest BCUT2D eigenvalue weighted by atomic mass is 32.1. The molecule has 0 saturated carbocycles. The Kier molecular flexibility index (Phi) is 5.92. The summed E-state index contributed by atoms with van der Waals surface area (Å²) in [6.07, 6.45) is 3.58. The summed E-state index contributed by atoms with van der Waals surface area (Å²) < 4.78 is 10.5. The monoisotopic (exact) mass is 357 g/mol. The van der Waals surface area contributed by atoms with Crippen molar-refractivity contribution in [2.45, 2.75) is 13.0 Å². The van der Waals surface area contributed by atoms with Gasteiger partial charge in [0.25, 0.3) is 0 Å². The standard InChI is InChI=1S/C18H19N3O3S/c1-23-10-8-21(12-15-5-4-9-24-15)17(22)11-14-13-25-18(20-14)16-6-2-3-7-19-16/h2-7,9,13H,8,10-12H2,1H3. The summed E-state index contributed by atoms with van der Waals surface area (Å²) in [5.41, 5.74) is 1.57. The maximum absolute atomic E-state index is 12.7. The number of methoxy groups -OCH3 is 1. The van der Waals surface area contributed by atoms with Gasteiger partial charge in [0, 0.05) is 25.2 Å². The number of carbonyl (C=O) groups excluding carboxylic acids is 1. The van der Waals surface area contributed by atoms with Crippen LogP contribution in [0.15, 0.2) is 52.6 Å². The molecule has 0 spiro atoms. The number of rotatable bonds is 8. The third-order valence-electron chi connectivity index (χ3n) is 3.61. The molecule has 3 aromatic rings. The number of nitrogens with zero attached hydrogens (tertiary/aromatic N) is 3. The fourth-order valence-electron chi connectivity index (χ4n) is 2.35. The first-order valence-electron chi connectivity index (χ1n) is 7.91. The van der Waals surface area contributed by atoms with E-state index in [1.54, 1.807) is 24.5 Å². The highest BCUT2D eigenvalue weighted by Gasteiger charge is 2.17. The molecule has 7 heteroatoms. The van der Waals surface area contributed by atoms with Gasteiger partial charge in [0.05, 0.1) is 37.2 Å². The summed E-state index contributed by atoms with van der Waals surface area (Å²) in [5.74, 6) is 0.739. The van der Waals surface area contributed by atoms with E-state index in [1.807, 2.05) is 35.7 Å². The fraction of sp³-hybridized carbons (Fsp3) is 0.278. The number of hydrogen-bond donors (Lipinski definition) is 0. The van der Waals surface area contributed by atoms with Crippen LogP contribution in [0, 0.1) is 0 Å². The lowest BCUT2D eigenvalue weighted by Crippen LogP contribution is -2.34. The highest BCUT2D eigenvalue weighted by Crippen LogP contribution is 2.22. The minimum atomic E-state index is -0.00804. The van der Waals surface area contributed by atoms with Gasteiger partial charge in [-0.3, -0.25) is 9.78 Å². The second-order valence-corrected chi connectivity index (χ2v) is 6.28. The number of carbonyl (C=O) groups is 1. The van der Waals surface area contributed by atoms with Crippen molar-refractivity contribution < 1.29 is 13.9 Å². The maximum Gasteiger partial charge on any atom is 0.229 e. The topological polar surface area (TPSA) is 68.5 Å². The molecule has 0 aliphatic rings. The van der Waals surface area contributed by atoms with Crippen LogP contribution in [-0.2, 0) is 22.5 Å². The molecular weight excluding hydrogens is 338 g/mol. The fourth-order valence-corrected chi connectivity index (χ4v) is 3.14. The van der Waals surface area contributed by atoms with Crippen molar-refractivity contribution in [2.75, 3.05) is 20.3 Å². The summed E-state index contributed by atoms with van der Waals surface area (Å²) >= 11 is 1.49. The Morgan fingerprint density at radius 2 is 2.24 bits per heavy atom. The Labute approximate surface area is 150 Å². The van der Waals surface area contributed by atoms with Crippen LogP contribution in [0.1, 0.15) is 11.5 Å². The van der Waals surface area contributed by atoms with Gasteiger partial charge in [-0.05, 0) is 24.3 Å². The third-order valence-corrected chi connectivity index (χ3v) is 4.53. The number of thiazole rings is 1. The Balaban J connectivity index is 1.67. The maximum atomic E-state index is 12.7. The van der Waals surface area contributed by atoms with Gasteiger partial charge in [-0.15, -0.1) is 11.3 Å². The van der Waals surface area contributed by atoms with E-state index in [-0.39, 0.29) is 12.3 Å². The van der Waals surface area contributed by atoms with Crippen molar-refractivity contribution in [1.29, 1.82) is 0 Å². The van der Waals surface area contributed by atoms with E-state index in [0.29, 0.717) is 19.7 Å². The van der Waals surface area contributed by atoms with Crippen molar-refractivity contribution in [1.82, 2.24) is 14.9 Å². The summed E-state index contributed by atoms with van der Waals surface area (Å²) in [6, 6.07) is 9.36. The van der Waals surface area contributed by atoms with Gasteiger partial charge >= 0.3 is 0 Å². The molecule has 0 fully saturated rings. The molecule has 0 N–H and O–H groups in total. The van der Waals surface area contributed by atoms with Crippen LogP contribution in [0.5, 0.6) is 0 Å². The average molecular weight is 357 g/mol. The molecule has 0 unspecified atom stereocenters. The van der Waals surface area contributed by atoms with E-state index in [1.165, 1.54) is 11.3 Å². The van der Waals surface area contributed by atoms with Gasteiger partial charge in [-0.2, -0.15) is 0 Å². The molecule has 1 amide bonds. The first kappa shape index (κ1) is 17.3. The number of hydrogen-bond acceptors (Lipinski definition) is 6.